The van der Waals surface area contributed by atoms with Crippen molar-refractivity contribution in [1.82, 2.24) is 0 Å². The van der Waals surface area contributed by atoms with Crippen LogP contribution < -0.4 is 0 Å². The molecule has 1 aromatic rings. The molecule has 16 heavy (non-hydrogen) atoms. The number of allylic oxidation sites excluding steroid dienone is 1. The van der Waals surface area contributed by atoms with Crippen molar-refractivity contribution in [3.63, 3.8) is 0 Å². The molecule has 0 aromatic heterocycles. The molecule has 0 bridgehead atoms. The molecule has 0 N–H and O–H groups in total. The quantitative estimate of drug-likeness (QED) is 0.461. The van der Waals surface area contributed by atoms with E-state index in [2.05, 4.69) is 6.58 Å². The molecule has 0 atom stereocenters. The van der Waals surface area contributed by atoms with Gasteiger partial charge in [-0.3, -0.25) is 20.2 Å². The summed E-state index contributed by atoms with van der Waals surface area (Å²) in [5.41, 5.74) is -0.502. The van der Waals surface area contributed by atoms with Crippen LogP contribution in [-0.2, 0) is 6.42 Å². The summed E-state index contributed by atoms with van der Waals surface area (Å²) in [6.45, 7) is 3.45. The number of halogens is 1. The number of non-ortho nitro benzene ring substituents is 1. The third-order valence-corrected chi connectivity index (χ3v) is 2.32. The van der Waals surface area contributed by atoms with Gasteiger partial charge in [0.15, 0.2) is 0 Å². The predicted molar refractivity (Wildman–Crippen MR) is 58.7 cm³/mol. The Morgan fingerprint density at radius 1 is 1.31 bits per heavy atom. The molecule has 0 aliphatic heterocycles. The molecular formula is C9H7ClN2O4. The number of rotatable bonds is 4. The number of hydrogen-bond donors (Lipinski definition) is 0. The Morgan fingerprint density at radius 2 is 1.94 bits per heavy atom. The largest absolute Gasteiger partial charge is 0.295 e. The molecule has 0 amide bonds. The lowest BCUT2D eigenvalue weighted by atomic mass is 10.1. The first-order valence-corrected chi connectivity index (χ1v) is 4.57. The Hall–Kier alpha value is -1.95. The van der Waals surface area contributed by atoms with Crippen LogP contribution in [0, 0.1) is 20.2 Å². The van der Waals surface area contributed by atoms with Gasteiger partial charge in [0.25, 0.3) is 11.4 Å². The van der Waals surface area contributed by atoms with Gasteiger partial charge in [-0.15, -0.1) is 6.58 Å². The summed E-state index contributed by atoms with van der Waals surface area (Å²) in [5.74, 6) is 0. The fourth-order valence-corrected chi connectivity index (χ4v) is 1.45. The Balaban J connectivity index is 3.44. The molecule has 0 spiro atoms. The Bertz CT molecular complexity index is 473. The molecule has 6 nitrogen and oxygen atoms in total. The number of nitrogens with zero attached hydrogens (tertiary/aromatic N) is 2. The van der Waals surface area contributed by atoms with Gasteiger partial charge in [-0.25, -0.2) is 0 Å². The van der Waals surface area contributed by atoms with Crippen LogP contribution in [0.3, 0.4) is 0 Å². The highest BCUT2D eigenvalue weighted by Gasteiger charge is 2.21. The highest BCUT2D eigenvalue weighted by molar-refractivity contribution is 6.33. The third-order valence-electron chi connectivity index (χ3n) is 1.89. The highest BCUT2D eigenvalue weighted by Crippen LogP contribution is 2.33. The average Bonchev–Trinajstić information content (AvgIpc) is 2.20. The van der Waals surface area contributed by atoms with Crippen LogP contribution in [0.4, 0.5) is 11.4 Å². The van der Waals surface area contributed by atoms with Crippen molar-refractivity contribution in [2.45, 2.75) is 6.42 Å². The average molecular weight is 243 g/mol. The topological polar surface area (TPSA) is 86.3 Å². The first-order chi connectivity index (χ1) is 7.47. The molecule has 0 fully saturated rings. The van der Waals surface area contributed by atoms with Crippen LogP contribution in [-0.4, -0.2) is 9.85 Å². The van der Waals surface area contributed by atoms with Gasteiger partial charge in [0, 0.05) is 6.07 Å². The van der Waals surface area contributed by atoms with Crippen LogP contribution in [0.25, 0.3) is 0 Å². The summed E-state index contributed by atoms with van der Waals surface area (Å²) in [6.07, 6.45) is 1.70. The van der Waals surface area contributed by atoms with Crippen LogP contribution in [0.15, 0.2) is 24.8 Å². The molecule has 0 radical (unpaired) electrons. The fourth-order valence-electron chi connectivity index (χ4n) is 1.19. The summed E-state index contributed by atoms with van der Waals surface area (Å²) in [4.78, 5) is 19.7. The zero-order valence-corrected chi connectivity index (χ0v) is 8.81. The SMILES string of the molecule is C=CCc1cc([N+](=O)[O-])cc([N+](=O)[O-])c1Cl. The molecule has 1 aromatic carbocycles. The lowest BCUT2D eigenvalue weighted by Gasteiger charge is -2.02. The van der Waals surface area contributed by atoms with Gasteiger partial charge in [0.1, 0.15) is 5.02 Å². The summed E-state index contributed by atoms with van der Waals surface area (Å²) in [7, 11) is 0. The normalized spacial score (nSPS) is 9.81. The van der Waals surface area contributed by atoms with Crippen molar-refractivity contribution < 1.29 is 9.85 Å². The molecule has 0 unspecified atom stereocenters. The van der Waals surface area contributed by atoms with E-state index in [4.69, 9.17) is 11.6 Å². The van der Waals surface area contributed by atoms with Crippen molar-refractivity contribution in [3.05, 3.63) is 55.6 Å². The first-order valence-electron chi connectivity index (χ1n) is 4.19. The van der Waals surface area contributed by atoms with Crippen molar-refractivity contribution >= 4 is 23.0 Å². The van der Waals surface area contributed by atoms with E-state index >= 15 is 0 Å². The number of benzene rings is 1. The van der Waals surface area contributed by atoms with E-state index in [9.17, 15) is 20.2 Å². The maximum atomic E-state index is 10.6. The van der Waals surface area contributed by atoms with Gasteiger partial charge in [-0.2, -0.15) is 0 Å². The van der Waals surface area contributed by atoms with Crippen molar-refractivity contribution in [1.29, 1.82) is 0 Å². The van der Waals surface area contributed by atoms with E-state index in [0.717, 1.165) is 6.07 Å². The van der Waals surface area contributed by atoms with Crippen LogP contribution in [0.5, 0.6) is 0 Å². The minimum absolute atomic E-state index is 0.0875. The monoisotopic (exact) mass is 242 g/mol. The molecule has 7 heteroatoms. The van der Waals surface area contributed by atoms with E-state index in [1.54, 1.807) is 0 Å². The van der Waals surface area contributed by atoms with Gasteiger partial charge >= 0.3 is 0 Å². The maximum absolute atomic E-state index is 10.6. The molecular weight excluding hydrogens is 236 g/mol. The van der Waals surface area contributed by atoms with Crippen LogP contribution >= 0.6 is 11.6 Å². The Labute approximate surface area is 95.4 Å². The van der Waals surface area contributed by atoms with Crippen molar-refractivity contribution in [2.75, 3.05) is 0 Å². The van der Waals surface area contributed by atoms with E-state index in [-0.39, 0.29) is 17.1 Å². The second kappa shape index (κ2) is 4.71. The van der Waals surface area contributed by atoms with Gasteiger partial charge in [-0.1, -0.05) is 17.7 Å². The van der Waals surface area contributed by atoms with Gasteiger partial charge < -0.3 is 0 Å². The molecule has 0 saturated carbocycles. The Morgan fingerprint density at radius 3 is 2.38 bits per heavy atom. The molecule has 84 valence electrons. The predicted octanol–water partition coefficient (Wildman–Crippen LogP) is 2.88. The lowest BCUT2D eigenvalue weighted by Crippen LogP contribution is -1.97. The highest BCUT2D eigenvalue weighted by atomic mass is 35.5. The fraction of sp³-hybridized carbons (Fsp3) is 0.111. The van der Waals surface area contributed by atoms with E-state index in [0.29, 0.717) is 5.56 Å². The van der Waals surface area contributed by atoms with Gasteiger partial charge in [0.05, 0.1) is 15.9 Å². The van der Waals surface area contributed by atoms with Gasteiger partial charge in [0.2, 0.25) is 0 Å². The van der Waals surface area contributed by atoms with E-state index in [1.807, 2.05) is 0 Å². The minimum atomic E-state index is -0.748. The number of hydrogen-bond acceptors (Lipinski definition) is 4. The minimum Gasteiger partial charge on any atom is -0.258 e. The third kappa shape index (κ3) is 2.34. The summed E-state index contributed by atoms with van der Waals surface area (Å²) >= 11 is 5.75. The lowest BCUT2D eigenvalue weighted by molar-refractivity contribution is -0.394. The molecule has 0 aliphatic rings. The Kier molecular flexibility index (Phi) is 3.57. The van der Waals surface area contributed by atoms with Crippen molar-refractivity contribution in [3.8, 4) is 0 Å². The standard InChI is InChI=1S/C9H7ClN2O4/c1-2-3-6-4-7(11(13)14)5-8(9(6)10)12(15)16/h2,4-5H,1,3H2. The van der Waals surface area contributed by atoms with E-state index in [1.165, 1.54) is 12.1 Å². The van der Waals surface area contributed by atoms with Crippen LogP contribution in [0.2, 0.25) is 5.02 Å². The zero-order valence-electron chi connectivity index (χ0n) is 8.05. The first kappa shape index (κ1) is 12.1. The number of nitro groups is 2. The van der Waals surface area contributed by atoms with Crippen LogP contribution in [0.1, 0.15) is 5.56 Å². The smallest absolute Gasteiger partial charge is 0.258 e. The molecule has 0 aliphatic carbocycles. The summed E-state index contributed by atoms with van der Waals surface area (Å²) in [5, 5.41) is 21.1. The second-order valence-electron chi connectivity index (χ2n) is 2.95. The second-order valence-corrected chi connectivity index (χ2v) is 3.32. The molecule has 0 heterocycles. The number of nitro benzene ring substituents is 2. The summed E-state index contributed by atoms with van der Waals surface area (Å²) in [6, 6.07) is 2.05. The molecule has 0 saturated heterocycles. The van der Waals surface area contributed by atoms with Gasteiger partial charge in [-0.05, 0) is 12.0 Å². The summed E-state index contributed by atoms with van der Waals surface area (Å²) < 4.78 is 0. The molecule has 1 rings (SSSR count). The maximum Gasteiger partial charge on any atom is 0.295 e. The van der Waals surface area contributed by atoms with Crippen molar-refractivity contribution in [2.24, 2.45) is 0 Å². The van der Waals surface area contributed by atoms with E-state index < -0.39 is 15.5 Å². The zero-order chi connectivity index (χ0) is 12.3.